The third-order valence-electron chi connectivity index (χ3n) is 3.76. The van der Waals surface area contributed by atoms with Gasteiger partial charge in [0.1, 0.15) is 11.8 Å². The van der Waals surface area contributed by atoms with Gasteiger partial charge in [0.05, 0.1) is 7.11 Å². The summed E-state index contributed by atoms with van der Waals surface area (Å²) < 4.78 is 10.3. The minimum Gasteiger partial charge on any atom is -0.484 e. The Bertz CT molecular complexity index is 566. The predicted octanol–water partition coefficient (Wildman–Crippen LogP) is 3.20. The first-order valence-corrected chi connectivity index (χ1v) is 8.35. The molecule has 1 rings (SSSR count). The lowest BCUT2D eigenvalue weighted by Crippen LogP contribution is -2.44. The number of benzene rings is 1. The van der Waals surface area contributed by atoms with E-state index in [9.17, 15) is 9.59 Å². The van der Waals surface area contributed by atoms with Crippen LogP contribution < -0.4 is 10.1 Å². The first kappa shape index (κ1) is 20.0. The molecule has 5 heteroatoms. The Hall–Kier alpha value is -2.04. The molecule has 134 valence electrons. The van der Waals surface area contributed by atoms with Gasteiger partial charge in [-0.25, -0.2) is 4.79 Å². The lowest BCUT2D eigenvalue weighted by Gasteiger charge is -2.18. The number of ether oxygens (including phenoxy) is 2. The van der Waals surface area contributed by atoms with Crippen LogP contribution in [0.1, 0.15) is 51.2 Å². The molecule has 1 aromatic rings. The van der Waals surface area contributed by atoms with Crippen molar-refractivity contribution in [3.8, 4) is 5.75 Å². The lowest BCUT2D eigenvalue weighted by atomic mass is 9.98. The molecular formula is C19H29NO4. The molecule has 5 nitrogen and oxygen atoms in total. The van der Waals surface area contributed by atoms with Crippen LogP contribution in [0, 0.1) is 12.8 Å². The number of methoxy groups -OCH3 is 1. The van der Waals surface area contributed by atoms with Crippen molar-refractivity contribution < 1.29 is 19.1 Å². The monoisotopic (exact) mass is 335 g/mol. The van der Waals surface area contributed by atoms with Gasteiger partial charge in [0.15, 0.2) is 6.61 Å². The number of carbonyl (C=O) groups excluding carboxylic acids is 2. The number of hydrogen-bond donors (Lipinski definition) is 1. The van der Waals surface area contributed by atoms with Crippen LogP contribution in [0.4, 0.5) is 0 Å². The molecule has 0 heterocycles. The van der Waals surface area contributed by atoms with Crippen molar-refractivity contribution in [2.45, 2.75) is 53.0 Å². The summed E-state index contributed by atoms with van der Waals surface area (Å²) in [6.07, 6.45) is 0.528. The van der Waals surface area contributed by atoms with Crippen LogP contribution in [0.2, 0.25) is 0 Å². The van der Waals surface area contributed by atoms with Crippen molar-refractivity contribution in [1.29, 1.82) is 0 Å². The number of carbonyl (C=O) groups is 2. The van der Waals surface area contributed by atoms with E-state index in [2.05, 4.69) is 19.2 Å². The summed E-state index contributed by atoms with van der Waals surface area (Å²) in [4.78, 5) is 23.8. The molecule has 0 bridgehead atoms. The predicted molar refractivity (Wildman–Crippen MR) is 94.2 cm³/mol. The van der Waals surface area contributed by atoms with Crippen LogP contribution in [-0.4, -0.2) is 31.6 Å². The van der Waals surface area contributed by atoms with Crippen LogP contribution in [0.5, 0.6) is 5.75 Å². The molecule has 0 fully saturated rings. The summed E-state index contributed by atoms with van der Waals surface area (Å²) in [5.41, 5.74) is 2.39. The van der Waals surface area contributed by atoms with E-state index >= 15 is 0 Å². The standard InChI is InChI=1S/C19H29NO4/c1-12(2)9-17(19(22)23-6)20-18(21)11-24-15-7-8-16(13(3)4)14(5)10-15/h7-8,10,12-13,17H,9,11H2,1-6H3,(H,20,21). The molecule has 1 atom stereocenters. The Morgan fingerprint density at radius 2 is 1.83 bits per heavy atom. The molecule has 1 unspecified atom stereocenters. The van der Waals surface area contributed by atoms with E-state index in [0.29, 0.717) is 18.1 Å². The molecule has 1 aromatic carbocycles. The third kappa shape index (κ3) is 6.22. The highest BCUT2D eigenvalue weighted by molar-refractivity contribution is 5.85. The van der Waals surface area contributed by atoms with Crippen molar-refractivity contribution in [1.82, 2.24) is 5.32 Å². The molecule has 0 saturated heterocycles. The molecule has 0 spiro atoms. The van der Waals surface area contributed by atoms with Crippen LogP contribution in [0.15, 0.2) is 18.2 Å². The average molecular weight is 335 g/mol. The van der Waals surface area contributed by atoms with Crippen molar-refractivity contribution in [2.75, 3.05) is 13.7 Å². The van der Waals surface area contributed by atoms with E-state index in [0.717, 1.165) is 5.56 Å². The fourth-order valence-corrected chi connectivity index (χ4v) is 2.60. The zero-order valence-corrected chi connectivity index (χ0v) is 15.5. The second kappa shape index (κ2) is 9.30. The summed E-state index contributed by atoms with van der Waals surface area (Å²) in [5.74, 6) is 0.581. The zero-order chi connectivity index (χ0) is 18.3. The summed E-state index contributed by atoms with van der Waals surface area (Å²) in [7, 11) is 1.32. The highest BCUT2D eigenvalue weighted by atomic mass is 16.5. The third-order valence-corrected chi connectivity index (χ3v) is 3.76. The van der Waals surface area contributed by atoms with E-state index in [4.69, 9.17) is 9.47 Å². The minimum absolute atomic E-state index is 0.133. The normalized spacial score (nSPS) is 12.2. The first-order valence-electron chi connectivity index (χ1n) is 8.35. The van der Waals surface area contributed by atoms with Crippen molar-refractivity contribution in [3.63, 3.8) is 0 Å². The summed E-state index contributed by atoms with van der Waals surface area (Å²) in [6.45, 7) is 10.1. The van der Waals surface area contributed by atoms with E-state index in [-0.39, 0.29) is 18.4 Å². The Balaban J connectivity index is 2.61. The Morgan fingerprint density at radius 3 is 2.33 bits per heavy atom. The molecule has 0 saturated carbocycles. The number of amides is 1. The van der Waals surface area contributed by atoms with Crippen molar-refractivity contribution in [2.24, 2.45) is 5.92 Å². The molecule has 0 aliphatic heterocycles. The van der Waals surface area contributed by atoms with Gasteiger partial charge in [0.2, 0.25) is 0 Å². The van der Waals surface area contributed by atoms with Gasteiger partial charge in [0.25, 0.3) is 5.91 Å². The topological polar surface area (TPSA) is 64.6 Å². The fourth-order valence-electron chi connectivity index (χ4n) is 2.60. The molecule has 0 aliphatic rings. The quantitative estimate of drug-likeness (QED) is 0.741. The number of rotatable bonds is 8. The Kier molecular flexibility index (Phi) is 7.75. The minimum atomic E-state index is -0.642. The Morgan fingerprint density at radius 1 is 1.17 bits per heavy atom. The van der Waals surface area contributed by atoms with Gasteiger partial charge in [-0.3, -0.25) is 4.79 Å². The smallest absolute Gasteiger partial charge is 0.328 e. The molecule has 0 radical (unpaired) electrons. The van der Waals surface area contributed by atoms with E-state index in [1.165, 1.54) is 12.7 Å². The molecule has 1 amide bonds. The van der Waals surface area contributed by atoms with Crippen LogP contribution >= 0.6 is 0 Å². The second-order valence-electron chi connectivity index (χ2n) is 6.73. The van der Waals surface area contributed by atoms with Gasteiger partial charge in [-0.05, 0) is 48.4 Å². The van der Waals surface area contributed by atoms with Gasteiger partial charge in [-0.2, -0.15) is 0 Å². The Labute approximate surface area is 144 Å². The van der Waals surface area contributed by atoms with Gasteiger partial charge >= 0.3 is 5.97 Å². The van der Waals surface area contributed by atoms with Gasteiger partial charge < -0.3 is 14.8 Å². The summed E-state index contributed by atoms with van der Waals surface area (Å²) in [6, 6.07) is 5.16. The van der Waals surface area contributed by atoms with Gasteiger partial charge in [-0.1, -0.05) is 33.8 Å². The molecule has 0 aromatic heterocycles. The lowest BCUT2D eigenvalue weighted by molar-refractivity contribution is -0.145. The molecular weight excluding hydrogens is 306 g/mol. The fraction of sp³-hybridized carbons (Fsp3) is 0.579. The van der Waals surface area contributed by atoms with E-state index < -0.39 is 12.0 Å². The van der Waals surface area contributed by atoms with Crippen molar-refractivity contribution >= 4 is 11.9 Å². The maximum Gasteiger partial charge on any atom is 0.328 e. The maximum absolute atomic E-state index is 12.0. The first-order chi connectivity index (χ1) is 11.2. The van der Waals surface area contributed by atoms with Crippen LogP contribution in [-0.2, 0) is 14.3 Å². The molecule has 1 N–H and O–H groups in total. The van der Waals surface area contributed by atoms with E-state index in [1.807, 2.05) is 39.0 Å². The van der Waals surface area contributed by atoms with Gasteiger partial charge in [0, 0.05) is 0 Å². The number of nitrogens with one attached hydrogen (secondary N) is 1. The zero-order valence-electron chi connectivity index (χ0n) is 15.5. The number of hydrogen-bond acceptors (Lipinski definition) is 4. The van der Waals surface area contributed by atoms with E-state index in [1.54, 1.807) is 0 Å². The second-order valence-corrected chi connectivity index (χ2v) is 6.73. The largest absolute Gasteiger partial charge is 0.484 e. The SMILES string of the molecule is COC(=O)C(CC(C)C)NC(=O)COc1ccc(C(C)C)c(C)c1. The summed E-state index contributed by atoms with van der Waals surface area (Å²) >= 11 is 0. The number of esters is 1. The molecule has 24 heavy (non-hydrogen) atoms. The van der Waals surface area contributed by atoms with Crippen LogP contribution in [0.3, 0.4) is 0 Å². The highest BCUT2D eigenvalue weighted by Crippen LogP contribution is 2.23. The van der Waals surface area contributed by atoms with Crippen molar-refractivity contribution in [3.05, 3.63) is 29.3 Å². The average Bonchev–Trinajstić information content (AvgIpc) is 2.50. The number of aryl methyl sites for hydroxylation is 1. The highest BCUT2D eigenvalue weighted by Gasteiger charge is 2.22. The maximum atomic E-state index is 12.0. The van der Waals surface area contributed by atoms with Crippen LogP contribution in [0.25, 0.3) is 0 Å². The summed E-state index contributed by atoms with van der Waals surface area (Å²) in [5, 5.41) is 2.68. The molecule has 0 aliphatic carbocycles. The van der Waals surface area contributed by atoms with Gasteiger partial charge in [-0.15, -0.1) is 0 Å².